The fourth-order valence-corrected chi connectivity index (χ4v) is 2.03. The molecule has 17 heavy (non-hydrogen) atoms. The molecular formula is C15H12N2. The first kappa shape index (κ1) is 9.97. The summed E-state index contributed by atoms with van der Waals surface area (Å²) < 4.78 is 0. The first-order valence-electron chi connectivity index (χ1n) is 5.62. The zero-order valence-electron chi connectivity index (χ0n) is 9.59. The Labute approximate surface area is 100.0 Å². The Morgan fingerprint density at radius 3 is 2.59 bits per heavy atom. The number of aromatic nitrogens is 2. The lowest BCUT2D eigenvalue weighted by atomic mass is 10.0. The molecule has 0 amide bonds. The van der Waals surface area contributed by atoms with Crippen molar-refractivity contribution in [2.75, 3.05) is 0 Å². The van der Waals surface area contributed by atoms with Gasteiger partial charge in [0.1, 0.15) is 0 Å². The monoisotopic (exact) mass is 220 g/mol. The zero-order valence-corrected chi connectivity index (χ0v) is 9.59. The number of rotatable bonds is 1. The predicted octanol–water partition coefficient (Wildman–Crippen LogP) is 3.61. The molecular weight excluding hydrogens is 208 g/mol. The Morgan fingerprint density at radius 2 is 1.76 bits per heavy atom. The van der Waals surface area contributed by atoms with Crippen molar-refractivity contribution in [2.24, 2.45) is 0 Å². The number of fused-ring (bicyclic) bond motifs is 1. The summed E-state index contributed by atoms with van der Waals surface area (Å²) in [6.45, 7) is 2.01. The predicted molar refractivity (Wildman–Crippen MR) is 69.7 cm³/mol. The second kappa shape index (κ2) is 3.98. The SMILES string of the molecule is Cc1cc(-c2ccccc2)c2ncccc2n1. The standard InChI is InChI=1S/C15H12N2/c1-11-10-13(12-6-3-2-4-7-12)15-14(17-11)8-5-9-16-15/h2-10H,1H3. The van der Waals surface area contributed by atoms with E-state index in [0.29, 0.717) is 0 Å². The van der Waals surface area contributed by atoms with Crippen LogP contribution in [-0.4, -0.2) is 9.97 Å². The Bertz CT molecular complexity index is 660. The lowest BCUT2D eigenvalue weighted by molar-refractivity contribution is 1.24. The molecule has 0 atom stereocenters. The first-order chi connectivity index (χ1) is 8.34. The van der Waals surface area contributed by atoms with Crippen molar-refractivity contribution in [3.63, 3.8) is 0 Å². The molecule has 0 unspecified atom stereocenters. The molecule has 0 aliphatic rings. The summed E-state index contributed by atoms with van der Waals surface area (Å²) in [5.41, 5.74) is 5.26. The van der Waals surface area contributed by atoms with E-state index in [1.54, 1.807) is 0 Å². The summed E-state index contributed by atoms with van der Waals surface area (Å²) >= 11 is 0. The largest absolute Gasteiger partial charge is 0.254 e. The molecule has 2 heteroatoms. The third-order valence-electron chi connectivity index (χ3n) is 2.78. The smallest absolute Gasteiger partial charge is 0.0965 e. The molecule has 2 heterocycles. The van der Waals surface area contributed by atoms with Crippen molar-refractivity contribution in [1.82, 2.24) is 9.97 Å². The molecule has 0 saturated heterocycles. The van der Waals surface area contributed by atoms with Gasteiger partial charge in [0.2, 0.25) is 0 Å². The van der Waals surface area contributed by atoms with E-state index in [4.69, 9.17) is 0 Å². The summed E-state index contributed by atoms with van der Waals surface area (Å²) in [5, 5.41) is 0. The number of benzene rings is 1. The highest BCUT2D eigenvalue weighted by Gasteiger charge is 2.06. The van der Waals surface area contributed by atoms with E-state index in [2.05, 4.69) is 28.2 Å². The minimum Gasteiger partial charge on any atom is -0.254 e. The normalized spacial score (nSPS) is 10.6. The minimum absolute atomic E-state index is 0.950. The molecule has 0 aliphatic carbocycles. The van der Waals surface area contributed by atoms with Crippen LogP contribution in [-0.2, 0) is 0 Å². The van der Waals surface area contributed by atoms with Crippen molar-refractivity contribution in [3.05, 3.63) is 60.4 Å². The maximum atomic E-state index is 4.50. The molecule has 1 aromatic carbocycles. The molecule has 0 N–H and O–H groups in total. The average Bonchev–Trinajstić information content (AvgIpc) is 2.39. The van der Waals surface area contributed by atoms with E-state index in [1.165, 1.54) is 5.56 Å². The molecule has 0 radical (unpaired) electrons. The van der Waals surface area contributed by atoms with Gasteiger partial charge in [0, 0.05) is 17.5 Å². The molecule has 0 spiro atoms. The van der Waals surface area contributed by atoms with Crippen molar-refractivity contribution in [1.29, 1.82) is 0 Å². The highest BCUT2D eigenvalue weighted by molar-refractivity contribution is 5.91. The van der Waals surface area contributed by atoms with Gasteiger partial charge < -0.3 is 0 Å². The molecule has 0 bridgehead atoms. The molecule has 0 fully saturated rings. The number of aryl methyl sites for hydroxylation is 1. The second-order valence-electron chi connectivity index (χ2n) is 4.05. The summed E-state index contributed by atoms with van der Waals surface area (Å²) in [7, 11) is 0. The third-order valence-corrected chi connectivity index (χ3v) is 2.78. The molecule has 3 aromatic rings. The number of pyridine rings is 2. The van der Waals surface area contributed by atoms with Crippen LogP contribution in [0.4, 0.5) is 0 Å². The lowest BCUT2D eigenvalue weighted by Crippen LogP contribution is -1.90. The van der Waals surface area contributed by atoms with Gasteiger partial charge in [0.25, 0.3) is 0 Å². The van der Waals surface area contributed by atoms with Crippen molar-refractivity contribution >= 4 is 11.0 Å². The van der Waals surface area contributed by atoms with Gasteiger partial charge in [-0.3, -0.25) is 9.97 Å². The van der Waals surface area contributed by atoms with Crippen LogP contribution in [0, 0.1) is 6.92 Å². The van der Waals surface area contributed by atoms with Crippen LogP contribution in [0.25, 0.3) is 22.2 Å². The van der Waals surface area contributed by atoms with E-state index < -0.39 is 0 Å². The Hall–Kier alpha value is -2.22. The maximum absolute atomic E-state index is 4.50. The van der Waals surface area contributed by atoms with Gasteiger partial charge in [0.05, 0.1) is 11.0 Å². The van der Waals surface area contributed by atoms with Crippen LogP contribution < -0.4 is 0 Å². The van der Waals surface area contributed by atoms with Crippen LogP contribution in [0.3, 0.4) is 0 Å². The second-order valence-corrected chi connectivity index (χ2v) is 4.05. The van der Waals surface area contributed by atoms with Gasteiger partial charge in [0.15, 0.2) is 0 Å². The van der Waals surface area contributed by atoms with Gasteiger partial charge in [-0.25, -0.2) is 0 Å². The third kappa shape index (κ3) is 1.78. The quantitative estimate of drug-likeness (QED) is 0.626. The van der Waals surface area contributed by atoms with Crippen molar-refractivity contribution in [2.45, 2.75) is 6.92 Å². The first-order valence-corrected chi connectivity index (χ1v) is 5.62. The van der Waals surface area contributed by atoms with E-state index in [-0.39, 0.29) is 0 Å². The number of hydrogen-bond acceptors (Lipinski definition) is 2. The fourth-order valence-electron chi connectivity index (χ4n) is 2.03. The van der Waals surface area contributed by atoms with Crippen LogP contribution in [0.15, 0.2) is 54.7 Å². The van der Waals surface area contributed by atoms with Crippen molar-refractivity contribution < 1.29 is 0 Å². The van der Waals surface area contributed by atoms with Crippen LogP contribution in [0.1, 0.15) is 5.69 Å². The highest BCUT2D eigenvalue weighted by atomic mass is 14.8. The summed E-state index contributed by atoms with van der Waals surface area (Å²) in [6, 6.07) is 16.3. The molecule has 2 nitrogen and oxygen atoms in total. The zero-order chi connectivity index (χ0) is 11.7. The van der Waals surface area contributed by atoms with E-state index in [9.17, 15) is 0 Å². The lowest BCUT2D eigenvalue weighted by Gasteiger charge is -2.06. The average molecular weight is 220 g/mol. The molecule has 2 aromatic heterocycles. The van der Waals surface area contributed by atoms with Gasteiger partial charge in [-0.2, -0.15) is 0 Å². The fraction of sp³-hybridized carbons (Fsp3) is 0.0667. The van der Waals surface area contributed by atoms with Gasteiger partial charge in [-0.1, -0.05) is 30.3 Å². The molecule has 0 aliphatic heterocycles. The number of nitrogens with zero attached hydrogens (tertiary/aromatic N) is 2. The van der Waals surface area contributed by atoms with Crippen LogP contribution in [0.5, 0.6) is 0 Å². The van der Waals surface area contributed by atoms with Gasteiger partial charge in [-0.15, -0.1) is 0 Å². The highest BCUT2D eigenvalue weighted by Crippen LogP contribution is 2.26. The summed E-state index contributed by atoms with van der Waals surface area (Å²) in [5.74, 6) is 0. The van der Waals surface area contributed by atoms with Crippen molar-refractivity contribution in [3.8, 4) is 11.1 Å². The van der Waals surface area contributed by atoms with Crippen LogP contribution >= 0.6 is 0 Å². The number of hydrogen-bond donors (Lipinski definition) is 0. The Kier molecular flexibility index (Phi) is 2.33. The molecule has 82 valence electrons. The topological polar surface area (TPSA) is 25.8 Å². The minimum atomic E-state index is 0.950. The van der Waals surface area contributed by atoms with Gasteiger partial charge >= 0.3 is 0 Å². The molecule has 3 rings (SSSR count). The summed E-state index contributed by atoms with van der Waals surface area (Å²) in [4.78, 5) is 8.94. The Morgan fingerprint density at radius 1 is 0.941 bits per heavy atom. The van der Waals surface area contributed by atoms with E-state index in [1.807, 2.05) is 43.5 Å². The van der Waals surface area contributed by atoms with E-state index in [0.717, 1.165) is 22.3 Å². The molecule has 0 saturated carbocycles. The van der Waals surface area contributed by atoms with E-state index >= 15 is 0 Å². The maximum Gasteiger partial charge on any atom is 0.0965 e. The van der Waals surface area contributed by atoms with Crippen LogP contribution in [0.2, 0.25) is 0 Å². The Balaban J connectivity index is 2.36. The summed E-state index contributed by atoms with van der Waals surface area (Å²) in [6.07, 6.45) is 1.81. The van der Waals surface area contributed by atoms with Gasteiger partial charge in [-0.05, 0) is 30.7 Å².